The molecule has 0 saturated heterocycles. The van der Waals surface area contributed by atoms with Gasteiger partial charge in [0.1, 0.15) is 0 Å². The predicted molar refractivity (Wildman–Crippen MR) is 71.5 cm³/mol. The van der Waals surface area contributed by atoms with Crippen molar-refractivity contribution in [3.8, 4) is 0 Å². The minimum Gasteiger partial charge on any atom is -0.271 e. The first-order valence-electron chi connectivity index (χ1n) is 7.34. The first-order chi connectivity index (χ1) is 8.86. The molecular formula is C14H24N4. The summed E-state index contributed by atoms with van der Waals surface area (Å²) in [5.41, 5.74) is 4.34. The molecule has 0 spiro atoms. The van der Waals surface area contributed by atoms with E-state index in [1.165, 1.54) is 31.4 Å². The summed E-state index contributed by atoms with van der Waals surface area (Å²) < 4.78 is 2.12. The summed E-state index contributed by atoms with van der Waals surface area (Å²) in [6, 6.07) is 2.43. The average Bonchev–Trinajstić information content (AvgIpc) is 2.93. The normalized spacial score (nSPS) is 32.0. The molecule has 3 rings (SSSR count). The van der Waals surface area contributed by atoms with Gasteiger partial charge in [-0.3, -0.25) is 16.0 Å². The Balaban J connectivity index is 1.78. The first-order valence-corrected chi connectivity index (χ1v) is 7.34. The van der Waals surface area contributed by atoms with E-state index in [-0.39, 0.29) is 0 Å². The van der Waals surface area contributed by atoms with E-state index in [9.17, 15) is 0 Å². The van der Waals surface area contributed by atoms with Gasteiger partial charge in [0.15, 0.2) is 0 Å². The SMILES string of the molecule is CCCn1nccc1C(NN)C1C2CCCCC21. The summed E-state index contributed by atoms with van der Waals surface area (Å²) in [5, 5.41) is 4.42. The lowest BCUT2D eigenvalue weighted by Gasteiger charge is -2.18. The van der Waals surface area contributed by atoms with Crippen LogP contribution in [-0.4, -0.2) is 9.78 Å². The minimum atomic E-state index is 0.298. The number of aromatic nitrogens is 2. The van der Waals surface area contributed by atoms with Gasteiger partial charge in [-0.15, -0.1) is 0 Å². The molecule has 1 aromatic heterocycles. The van der Waals surface area contributed by atoms with Crippen LogP contribution in [0.4, 0.5) is 0 Å². The summed E-state index contributed by atoms with van der Waals surface area (Å²) in [5.74, 6) is 8.39. The van der Waals surface area contributed by atoms with Crippen molar-refractivity contribution in [1.82, 2.24) is 15.2 Å². The third-order valence-corrected chi connectivity index (χ3v) is 4.79. The number of hydrogen-bond acceptors (Lipinski definition) is 3. The molecule has 2 aliphatic rings. The summed E-state index contributed by atoms with van der Waals surface area (Å²) in [6.07, 6.45) is 8.63. The fourth-order valence-corrected chi connectivity index (χ4v) is 3.94. The zero-order valence-corrected chi connectivity index (χ0v) is 11.2. The lowest BCUT2D eigenvalue weighted by Crippen LogP contribution is -2.32. The zero-order valence-electron chi connectivity index (χ0n) is 11.2. The maximum Gasteiger partial charge on any atom is 0.0662 e. The van der Waals surface area contributed by atoms with Crippen molar-refractivity contribution in [2.75, 3.05) is 0 Å². The third-order valence-electron chi connectivity index (χ3n) is 4.79. The topological polar surface area (TPSA) is 55.9 Å². The number of nitrogens with two attached hydrogens (primary N) is 1. The van der Waals surface area contributed by atoms with Gasteiger partial charge in [-0.1, -0.05) is 19.8 Å². The molecule has 4 nitrogen and oxygen atoms in total. The molecule has 1 heterocycles. The number of nitrogens with one attached hydrogen (secondary N) is 1. The molecule has 3 atom stereocenters. The Morgan fingerprint density at radius 2 is 2.17 bits per heavy atom. The molecule has 1 aromatic rings. The van der Waals surface area contributed by atoms with E-state index in [0.717, 1.165) is 30.7 Å². The van der Waals surface area contributed by atoms with Gasteiger partial charge >= 0.3 is 0 Å². The molecule has 2 aliphatic carbocycles. The second-order valence-electron chi connectivity index (χ2n) is 5.81. The van der Waals surface area contributed by atoms with Crippen molar-refractivity contribution in [3.05, 3.63) is 18.0 Å². The van der Waals surface area contributed by atoms with Crippen LogP contribution in [0.2, 0.25) is 0 Å². The van der Waals surface area contributed by atoms with Crippen molar-refractivity contribution in [2.24, 2.45) is 23.6 Å². The molecule has 0 radical (unpaired) electrons. The maximum atomic E-state index is 5.83. The van der Waals surface area contributed by atoms with Crippen molar-refractivity contribution < 1.29 is 0 Å². The van der Waals surface area contributed by atoms with E-state index in [1.807, 2.05) is 6.20 Å². The van der Waals surface area contributed by atoms with Gasteiger partial charge in [-0.2, -0.15) is 5.10 Å². The van der Waals surface area contributed by atoms with Crippen molar-refractivity contribution in [1.29, 1.82) is 0 Å². The van der Waals surface area contributed by atoms with Gasteiger partial charge in [0, 0.05) is 12.7 Å². The Bertz CT molecular complexity index is 388. The smallest absolute Gasteiger partial charge is 0.0662 e. The molecule has 2 saturated carbocycles. The molecule has 3 unspecified atom stereocenters. The third kappa shape index (κ3) is 1.97. The maximum absolute atomic E-state index is 5.83. The highest BCUT2D eigenvalue weighted by Crippen LogP contribution is 2.60. The Morgan fingerprint density at radius 3 is 2.78 bits per heavy atom. The second kappa shape index (κ2) is 5.02. The Hall–Kier alpha value is -0.870. The number of hydrazine groups is 1. The van der Waals surface area contributed by atoms with Gasteiger partial charge in [-0.05, 0) is 43.1 Å². The van der Waals surface area contributed by atoms with E-state index in [4.69, 9.17) is 5.84 Å². The van der Waals surface area contributed by atoms with Crippen LogP contribution < -0.4 is 11.3 Å². The molecule has 0 amide bonds. The highest BCUT2D eigenvalue weighted by molar-refractivity contribution is 5.15. The van der Waals surface area contributed by atoms with Crippen LogP contribution in [0.25, 0.3) is 0 Å². The Kier molecular flexibility index (Phi) is 3.39. The fourth-order valence-electron chi connectivity index (χ4n) is 3.94. The quantitative estimate of drug-likeness (QED) is 0.620. The molecule has 4 heteroatoms. The molecule has 0 aromatic carbocycles. The molecule has 100 valence electrons. The number of fused-ring (bicyclic) bond motifs is 1. The highest BCUT2D eigenvalue weighted by Gasteiger charge is 2.54. The summed E-state index contributed by atoms with van der Waals surface area (Å²) in [4.78, 5) is 0. The van der Waals surface area contributed by atoms with Crippen LogP contribution in [0.1, 0.15) is 50.8 Å². The van der Waals surface area contributed by atoms with Crippen molar-refractivity contribution in [3.63, 3.8) is 0 Å². The zero-order chi connectivity index (χ0) is 12.5. The fraction of sp³-hybridized carbons (Fsp3) is 0.786. The second-order valence-corrected chi connectivity index (χ2v) is 5.81. The van der Waals surface area contributed by atoms with E-state index in [1.54, 1.807) is 0 Å². The number of nitrogens with zero attached hydrogens (tertiary/aromatic N) is 2. The summed E-state index contributed by atoms with van der Waals surface area (Å²) in [6.45, 7) is 3.18. The van der Waals surface area contributed by atoms with Crippen LogP contribution in [0.15, 0.2) is 12.3 Å². The molecular weight excluding hydrogens is 224 g/mol. The van der Waals surface area contributed by atoms with E-state index in [2.05, 4.69) is 28.2 Å². The number of rotatable bonds is 5. The van der Waals surface area contributed by atoms with Gasteiger partial charge in [0.2, 0.25) is 0 Å². The standard InChI is InChI=1S/C14H24N4/c1-2-9-18-12(7-8-16-18)14(17-15)13-10-5-3-4-6-11(10)13/h7-8,10-11,13-14,17H,2-6,9,15H2,1H3. The highest BCUT2D eigenvalue weighted by atomic mass is 15.3. The van der Waals surface area contributed by atoms with Crippen molar-refractivity contribution >= 4 is 0 Å². The first kappa shape index (κ1) is 12.2. The summed E-state index contributed by atoms with van der Waals surface area (Å²) in [7, 11) is 0. The van der Waals surface area contributed by atoms with Gasteiger partial charge < -0.3 is 0 Å². The largest absolute Gasteiger partial charge is 0.271 e. The van der Waals surface area contributed by atoms with Crippen LogP contribution in [-0.2, 0) is 6.54 Å². The van der Waals surface area contributed by atoms with Crippen LogP contribution >= 0.6 is 0 Å². The lowest BCUT2D eigenvalue weighted by molar-refractivity contribution is 0.415. The Morgan fingerprint density at radius 1 is 1.44 bits per heavy atom. The lowest BCUT2D eigenvalue weighted by atomic mass is 10.0. The van der Waals surface area contributed by atoms with Gasteiger partial charge in [-0.25, -0.2) is 0 Å². The monoisotopic (exact) mass is 248 g/mol. The van der Waals surface area contributed by atoms with Gasteiger partial charge in [0.25, 0.3) is 0 Å². The molecule has 2 fully saturated rings. The predicted octanol–water partition coefficient (Wildman–Crippen LogP) is 2.23. The van der Waals surface area contributed by atoms with Crippen LogP contribution in [0.3, 0.4) is 0 Å². The summed E-state index contributed by atoms with van der Waals surface area (Å²) >= 11 is 0. The average molecular weight is 248 g/mol. The molecule has 18 heavy (non-hydrogen) atoms. The number of hydrogen-bond donors (Lipinski definition) is 2. The van der Waals surface area contributed by atoms with E-state index in [0.29, 0.717) is 6.04 Å². The van der Waals surface area contributed by atoms with Gasteiger partial charge in [0.05, 0.1) is 11.7 Å². The van der Waals surface area contributed by atoms with E-state index >= 15 is 0 Å². The van der Waals surface area contributed by atoms with Crippen LogP contribution in [0.5, 0.6) is 0 Å². The van der Waals surface area contributed by atoms with Crippen molar-refractivity contribution in [2.45, 2.75) is 51.6 Å². The molecule has 3 N–H and O–H groups in total. The van der Waals surface area contributed by atoms with Crippen LogP contribution in [0, 0.1) is 17.8 Å². The molecule has 0 aliphatic heterocycles. The number of aryl methyl sites for hydroxylation is 1. The minimum absolute atomic E-state index is 0.298. The molecule has 0 bridgehead atoms. The Labute approximate surface area is 109 Å². The van der Waals surface area contributed by atoms with E-state index < -0.39 is 0 Å².